The fourth-order valence-electron chi connectivity index (χ4n) is 2.78. The number of benzene rings is 1. The van der Waals surface area contributed by atoms with E-state index < -0.39 is 0 Å². The second kappa shape index (κ2) is 7.08. The van der Waals surface area contributed by atoms with E-state index in [0.29, 0.717) is 14.1 Å². The SMILES string of the molecule is Cc1cc(C)c(C(=O)P[C]2CCCC2)c(C)c1C.[LiH]. The molecule has 1 aromatic rings. The Balaban J connectivity index is 0.00000180. The standard InChI is InChI=1S/C16H22OP.Li.H/c1-10-9-11(2)15(13(4)12(10)3)16(17)18-14-7-5-6-8-14;;/h9,18H,5-8H2,1-4H3;;. The first-order chi connectivity index (χ1) is 8.50. The molecule has 1 unspecified atom stereocenters. The number of rotatable bonds is 3. The van der Waals surface area contributed by atoms with Crippen LogP contribution in [0.5, 0.6) is 0 Å². The summed E-state index contributed by atoms with van der Waals surface area (Å²) in [6, 6.07) is 2.15. The molecule has 1 saturated carbocycles. The van der Waals surface area contributed by atoms with E-state index in [1.807, 2.05) is 0 Å². The molecular weight excluding hydrogens is 246 g/mol. The normalized spacial score (nSPS) is 16.0. The molecule has 1 radical (unpaired) electrons. The van der Waals surface area contributed by atoms with Crippen molar-refractivity contribution in [3.8, 4) is 0 Å². The average Bonchev–Trinajstić information content (AvgIpc) is 2.78. The molecular formula is C16H23LiOP. The third kappa shape index (κ3) is 3.72. The quantitative estimate of drug-likeness (QED) is 0.594. The summed E-state index contributed by atoms with van der Waals surface area (Å²) in [5.74, 6) is 0. The predicted octanol–water partition coefficient (Wildman–Crippen LogP) is 4.20. The first-order valence-corrected chi connectivity index (χ1v) is 7.74. The number of carbonyl (C=O) groups excluding carboxylic acids is 1. The second-order valence-corrected chi connectivity index (χ2v) is 6.81. The molecule has 0 aliphatic heterocycles. The van der Waals surface area contributed by atoms with Gasteiger partial charge in [-0.2, -0.15) is 0 Å². The van der Waals surface area contributed by atoms with Crippen LogP contribution in [-0.4, -0.2) is 24.4 Å². The molecule has 3 heteroatoms. The Bertz CT molecular complexity index is 476. The number of hydrogen-bond donors (Lipinski definition) is 0. The van der Waals surface area contributed by atoms with Gasteiger partial charge in [-0.15, -0.1) is 0 Å². The maximum absolute atomic E-state index is 12.5. The minimum absolute atomic E-state index is 0. The summed E-state index contributed by atoms with van der Waals surface area (Å²) < 4.78 is 0. The van der Waals surface area contributed by atoms with Gasteiger partial charge in [0.05, 0.1) is 0 Å². The van der Waals surface area contributed by atoms with Gasteiger partial charge >= 0.3 is 18.9 Å². The molecule has 1 aliphatic rings. The van der Waals surface area contributed by atoms with Crippen molar-refractivity contribution in [2.75, 3.05) is 0 Å². The average molecular weight is 269 g/mol. The van der Waals surface area contributed by atoms with E-state index in [4.69, 9.17) is 0 Å². The van der Waals surface area contributed by atoms with E-state index in [2.05, 4.69) is 33.8 Å². The van der Waals surface area contributed by atoms with Crippen molar-refractivity contribution in [1.29, 1.82) is 0 Å². The van der Waals surface area contributed by atoms with Crippen LogP contribution in [0.25, 0.3) is 0 Å². The van der Waals surface area contributed by atoms with E-state index in [1.165, 1.54) is 48.0 Å². The molecule has 0 aromatic heterocycles. The topological polar surface area (TPSA) is 17.1 Å². The molecule has 19 heavy (non-hydrogen) atoms. The van der Waals surface area contributed by atoms with Crippen LogP contribution in [0.4, 0.5) is 0 Å². The molecule has 0 N–H and O–H groups in total. The third-order valence-electron chi connectivity index (χ3n) is 4.08. The van der Waals surface area contributed by atoms with Gasteiger partial charge in [0.1, 0.15) is 0 Å². The van der Waals surface area contributed by atoms with Gasteiger partial charge in [0.15, 0.2) is 5.52 Å². The minimum atomic E-state index is 0. The van der Waals surface area contributed by atoms with Gasteiger partial charge in [-0.1, -0.05) is 18.9 Å². The molecule has 0 amide bonds. The second-order valence-electron chi connectivity index (χ2n) is 5.40. The van der Waals surface area contributed by atoms with Crippen LogP contribution in [0.15, 0.2) is 6.07 Å². The van der Waals surface area contributed by atoms with Crippen LogP contribution in [0.3, 0.4) is 0 Å². The predicted molar refractivity (Wildman–Crippen MR) is 86.9 cm³/mol. The Kier molecular flexibility index (Phi) is 6.32. The summed E-state index contributed by atoms with van der Waals surface area (Å²) in [6.07, 6.45) is 4.90. The molecule has 0 spiro atoms. The molecule has 0 saturated heterocycles. The van der Waals surface area contributed by atoms with Crippen LogP contribution in [-0.2, 0) is 0 Å². The number of hydrogen-bond acceptors (Lipinski definition) is 1. The number of carbonyl (C=O) groups is 1. The fourth-order valence-corrected chi connectivity index (χ4v) is 4.22. The molecule has 1 atom stereocenters. The fraction of sp³-hybridized carbons (Fsp3) is 0.500. The summed E-state index contributed by atoms with van der Waals surface area (Å²) in [7, 11) is 0.401. The summed E-state index contributed by atoms with van der Waals surface area (Å²) >= 11 is 0. The molecule has 1 aromatic carbocycles. The molecule has 99 valence electrons. The van der Waals surface area contributed by atoms with E-state index in [0.717, 1.165) is 11.1 Å². The van der Waals surface area contributed by atoms with Gasteiger partial charge in [-0.25, -0.2) is 0 Å². The van der Waals surface area contributed by atoms with Gasteiger partial charge in [-0.05, 0) is 71.4 Å². The third-order valence-corrected chi connectivity index (χ3v) is 5.41. The maximum atomic E-state index is 12.5. The zero-order valence-electron chi connectivity index (χ0n) is 11.8. The summed E-state index contributed by atoms with van der Waals surface area (Å²) in [5.41, 5.74) is 7.71. The molecule has 1 nitrogen and oxygen atoms in total. The van der Waals surface area contributed by atoms with Gasteiger partial charge in [-0.3, -0.25) is 4.79 Å². The van der Waals surface area contributed by atoms with Crippen molar-refractivity contribution in [2.45, 2.75) is 53.4 Å². The Morgan fingerprint density at radius 1 is 1.00 bits per heavy atom. The van der Waals surface area contributed by atoms with E-state index >= 15 is 0 Å². The summed E-state index contributed by atoms with van der Waals surface area (Å²) in [5, 5.41) is 0. The van der Waals surface area contributed by atoms with Crippen LogP contribution < -0.4 is 0 Å². The van der Waals surface area contributed by atoms with Crippen molar-refractivity contribution in [1.82, 2.24) is 0 Å². The number of aryl methyl sites for hydroxylation is 2. The van der Waals surface area contributed by atoms with Crippen LogP contribution in [0.1, 0.15) is 58.3 Å². The molecule has 0 heterocycles. The van der Waals surface area contributed by atoms with Crippen LogP contribution in [0, 0.1) is 33.4 Å². The zero-order valence-corrected chi connectivity index (χ0v) is 12.8. The van der Waals surface area contributed by atoms with Crippen molar-refractivity contribution in [2.24, 2.45) is 0 Å². The van der Waals surface area contributed by atoms with E-state index in [-0.39, 0.29) is 18.9 Å². The Morgan fingerprint density at radius 2 is 1.58 bits per heavy atom. The van der Waals surface area contributed by atoms with Crippen LogP contribution >= 0.6 is 8.58 Å². The van der Waals surface area contributed by atoms with Gasteiger partial charge in [0.2, 0.25) is 0 Å². The van der Waals surface area contributed by atoms with E-state index in [9.17, 15) is 4.79 Å². The van der Waals surface area contributed by atoms with E-state index in [1.54, 1.807) is 0 Å². The zero-order chi connectivity index (χ0) is 13.3. The van der Waals surface area contributed by atoms with Crippen molar-refractivity contribution in [3.63, 3.8) is 0 Å². The Labute approximate surface area is 130 Å². The summed E-state index contributed by atoms with van der Waals surface area (Å²) in [4.78, 5) is 12.5. The van der Waals surface area contributed by atoms with Crippen molar-refractivity contribution < 1.29 is 4.79 Å². The van der Waals surface area contributed by atoms with Crippen molar-refractivity contribution >= 4 is 33.0 Å². The first kappa shape index (κ1) is 17.0. The summed E-state index contributed by atoms with van der Waals surface area (Å²) in [6.45, 7) is 8.40. The van der Waals surface area contributed by atoms with Crippen molar-refractivity contribution in [3.05, 3.63) is 39.5 Å². The van der Waals surface area contributed by atoms with Gasteiger partial charge in [0.25, 0.3) is 0 Å². The monoisotopic (exact) mass is 269 g/mol. The molecule has 0 bridgehead atoms. The van der Waals surface area contributed by atoms with Crippen LogP contribution in [0.2, 0.25) is 0 Å². The first-order valence-electron chi connectivity index (χ1n) is 6.74. The molecule has 1 aliphatic carbocycles. The van der Waals surface area contributed by atoms with Gasteiger partial charge < -0.3 is 0 Å². The molecule has 1 fully saturated rings. The Hall–Kier alpha value is -0.0826. The molecule has 2 rings (SSSR count). The van der Waals surface area contributed by atoms with Gasteiger partial charge in [0, 0.05) is 11.2 Å². The Morgan fingerprint density at radius 3 is 2.16 bits per heavy atom.